The van der Waals surface area contributed by atoms with E-state index in [1.165, 1.54) is 6.33 Å². The Morgan fingerprint density at radius 1 is 1.30 bits per heavy atom. The van der Waals surface area contributed by atoms with Crippen LogP contribution in [0.2, 0.25) is 5.02 Å². The van der Waals surface area contributed by atoms with Crippen molar-refractivity contribution in [1.82, 2.24) is 19.5 Å². The highest BCUT2D eigenvalue weighted by Gasteiger charge is 2.23. The van der Waals surface area contributed by atoms with Gasteiger partial charge in [-0.2, -0.15) is 0 Å². The molecule has 9 nitrogen and oxygen atoms in total. The number of rotatable bonds is 8. The molecule has 0 atom stereocenters. The second-order valence-corrected chi connectivity index (χ2v) is 6.20. The van der Waals surface area contributed by atoms with E-state index in [-0.39, 0.29) is 17.3 Å². The number of nitrogens with zero attached hydrogens (tertiary/aromatic N) is 5. The van der Waals surface area contributed by atoms with Gasteiger partial charge < -0.3 is 15.2 Å². The fourth-order valence-corrected chi connectivity index (χ4v) is 2.70. The van der Waals surface area contributed by atoms with Crippen molar-refractivity contribution in [3.8, 4) is 0 Å². The molecule has 3 aromatic rings. The normalized spacial score (nSPS) is 10.6. The van der Waals surface area contributed by atoms with E-state index in [0.717, 1.165) is 18.5 Å². The number of nitrogens with one attached hydrogen (secondary N) is 2. The number of hydrogen-bond donors (Lipinski definition) is 2. The summed E-state index contributed by atoms with van der Waals surface area (Å²) in [6.45, 7) is 3.09. The molecule has 0 radical (unpaired) electrons. The zero-order valence-electron chi connectivity index (χ0n) is 14.6. The average Bonchev–Trinajstić information content (AvgIpc) is 3.16. The first-order chi connectivity index (χ1) is 13.1. The highest BCUT2D eigenvalue weighted by molar-refractivity contribution is 6.31. The van der Waals surface area contributed by atoms with E-state index in [0.29, 0.717) is 17.3 Å². The predicted octanol–water partition coefficient (Wildman–Crippen LogP) is 3.79. The summed E-state index contributed by atoms with van der Waals surface area (Å²) >= 11 is 6.12. The topological polar surface area (TPSA) is 111 Å². The van der Waals surface area contributed by atoms with E-state index in [4.69, 9.17) is 11.6 Å². The summed E-state index contributed by atoms with van der Waals surface area (Å²) in [6.07, 6.45) is 7.34. The number of aryl methyl sites for hydroxylation is 1. The summed E-state index contributed by atoms with van der Waals surface area (Å²) in [7, 11) is 0. The quantitative estimate of drug-likeness (QED) is 0.343. The van der Waals surface area contributed by atoms with E-state index in [1.807, 2.05) is 17.7 Å². The van der Waals surface area contributed by atoms with Crippen LogP contribution >= 0.6 is 11.6 Å². The van der Waals surface area contributed by atoms with Gasteiger partial charge >= 0.3 is 5.69 Å². The van der Waals surface area contributed by atoms with Gasteiger partial charge in [0.2, 0.25) is 11.6 Å². The van der Waals surface area contributed by atoms with E-state index in [1.54, 1.807) is 30.7 Å². The Labute approximate surface area is 160 Å². The molecule has 0 amide bonds. The Hall–Kier alpha value is -3.20. The largest absolute Gasteiger partial charge is 0.364 e. The summed E-state index contributed by atoms with van der Waals surface area (Å²) < 4.78 is 1.94. The molecule has 1 aromatic carbocycles. The Kier molecular flexibility index (Phi) is 5.82. The van der Waals surface area contributed by atoms with Crippen molar-refractivity contribution in [3.05, 3.63) is 63.9 Å². The highest BCUT2D eigenvalue weighted by Crippen LogP contribution is 2.33. The molecule has 2 aromatic heterocycles. The van der Waals surface area contributed by atoms with Crippen molar-refractivity contribution < 1.29 is 4.92 Å². The van der Waals surface area contributed by atoms with Gasteiger partial charge in [0, 0.05) is 36.2 Å². The van der Waals surface area contributed by atoms with Crippen LogP contribution in [0.25, 0.3) is 0 Å². The van der Waals surface area contributed by atoms with Crippen LogP contribution in [0.15, 0.2) is 43.2 Å². The van der Waals surface area contributed by atoms with E-state index < -0.39 is 4.92 Å². The molecule has 0 aliphatic carbocycles. The maximum Gasteiger partial charge on any atom is 0.353 e. The lowest BCUT2D eigenvalue weighted by atomic mass is 10.2. The lowest BCUT2D eigenvalue weighted by molar-refractivity contribution is -0.383. The van der Waals surface area contributed by atoms with Gasteiger partial charge in [0.15, 0.2) is 0 Å². The van der Waals surface area contributed by atoms with Crippen LogP contribution in [0.4, 0.5) is 23.0 Å². The standard InChI is InChI=1S/C17H18ClN7O2/c1-12-13(18)4-2-5-14(12)23-17-15(25(26)27)16(21-10-22-17)20-6-3-8-24-9-7-19-11-24/h2,4-5,7,9-11H,3,6,8H2,1H3,(H2,20,21,22,23). The molecule has 0 unspecified atom stereocenters. The summed E-state index contributed by atoms with van der Waals surface area (Å²) in [5, 5.41) is 18.2. The third-order valence-electron chi connectivity index (χ3n) is 3.97. The van der Waals surface area contributed by atoms with Crippen LogP contribution in [0.3, 0.4) is 0 Å². The van der Waals surface area contributed by atoms with Gasteiger partial charge in [-0.1, -0.05) is 17.7 Å². The lowest BCUT2D eigenvalue weighted by Gasteiger charge is -2.12. The molecule has 0 saturated carbocycles. The van der Waals surface area contributed by atoms with Crippen LogP contribution in [0, 0.1) is 17.0 Å². The van der Waals surface area contributed by atoms with Crippen LogP contribution in [0.5, 0.6) is 0 Å². The molecule has 27 heavy (non-hydrogen) atoms. The molecule has 0 fully saturated rings. The molecule has 0 saturated heterocycles. The lowest BCUT2D eigenvalue weighted by Crippen LogP contribution is -2.11. The molecule has 10 heteroatoms. The Bertz CT molecular complexity index is 931. The summed E-state index contributed by atoms with van der Waals surface area (Å²) in [5.41, 5.74) is 1.22. The van der Waals surface area contributed by atoms with Crippen molar-refractivity contribution in [3.63, 3.8) is 0 Å². The van der Waals surface area contributed by atoms with Crippen LogP contribution in [-0.2, 0) is 6.54 Å². The van der Waals surface area contributed by atoms with Crippen LogP contribution in [-0.4, -0.2) is 31.0 Å². The smallest absolute Gasteiger partial charge is 0.353 e. The fraction of sp³-hybridized carbons (Fsp3) is 0.235. The highest BCUT2D eigenvalue weighted by atomic mass is 35.5. The molecule has 140 valence electrons. The number of nitro groups is 1. The minimum atomic E-state index is -0.500. The van der Waals surface area contributed by atoms with Crippen molar-refractivity contribution in [2.45, 2.75) is 19.9 Å². The number of aromatic nitrogens is 4. The maximum absolute atomic E-state index is 11.6. The van der Waals surface area contributed by atoms with Gasteiger partial charge in [-0.15, -0.1) is 0 Å². The SMILES string of the molecule is Cc1c(Cl)cccc1Nc1ncnc(NCCCn2ccnc2)c1[N+](=O)[O-]. The fourth-order valence-electron chi connectivity index (χ4n) is 2.53. The molecule has 0 bridgehead atoms. The average molecular weight is 388 g/mol. The third-order valence-corrected chi connectivity index (χ3v) is 4.38. The number of halogens is 1. The minimum absolute atomic E-state index is 0.109. The van der Waals surface area contributed by atoms with Gasteiger partial charge in [0.05, 0.1) is 11.3 Å². The Balaban J connectivity index is 1.76. The summed E-state index contributed by atoms with van der Waals surface area (Å²) in [5.74, 6) is 0.278. The second kappa shape index (κ2) is 8.45. The molecular formula is C17H18ClN7O2. The first-order valence-corrected chi connectivity index (χ1v) is 8.65. The number of hydrogen-bond acceptors (Lipinski definition) is 7. The predicted molar refractivity (Wildman–Crippen MR) is 103 cm³/mol. The van der Waals surface area contributed by atoms with Crippen molar-refractivity contribution in [2.24, 2.45) is 0 Å². The molecule has 0 aliphatic heterocycles. The van der Waals surface area contributed by atoms with E-state index >= 15 is 0 Å². The van der Waals surface area contributed by atoms with Gasteiger partial charge in [-0.25, -0.2) is 15.0 Å². The van der Waals surface area contributed by atoms with Crippen molar-refractivity contribution in [1.29, 1.82) is 0 Å². The Morgan fingerprint density at radius 3 is 2.85 bits per heavy atom. The van der Waals surface area contributed by atoms with Gasteiger partial charge in [-0.05, 0) is 31.0 Å². The number of anilines is 3. The number of benzene rings is 1. The first kappa shape index (κ1) is 18.6. The second-order valence-electron chi connectivity index (χ2n) is 5.79. The third kappa shape index (κ3) is 4.50. The molecule has 2 heterocycles. The van der Waals surface area contributed by atoms with E-state index in [9.17, 15) is 10.1 Å². The molecule has 3 rings (SSSR count). The Morgan fingerprint density at radius 2 is 2.11 bits per heavy atom. The van der Waals surface area contributed by atoms with Gasteiger partial charge in [0.1, 0.15) is 6.33 Å². The maximum atomic E-state index is 11.6. The summed E-state index contributed by atoms with van der Waals surface area (Å²) in [6, 6.07) is 5.30. The minimum Gasteiger partial charge on any atom is -0.364 e. The molecular weight excluding hydrogens is 370 g/mol. The van der Waals surface area contributed by atoms with Gasteiger partial charge in [0.25, 0.3) is 0 Å². The molecule has 0 spiro atoms. The molecule has 0 aliphatic rings. The van der Waals surface area contributed by atoms with E-state index in [2.05, 4.69) is 25.6 Å². The number of imidazole rings is 1. The van der Waals surface area contributed by atoms with Gasteiger partial charge in [-0.3, -0.25) is 10.1 Å². The first-order valence-electron chi connectivity index (χ1n) is 8.27. The zero-order valence-corrected chi connectivity index (χ0v) is 15.3. The molecule has 2 N–H and O–H groups in total. The van der Waals surface area contributed by atoms with Crippen molar-refractivity contribution >= 4 is 34.6 Å². The zero-order chi connectivity index (χ0) is 19.2. The van der Waals surface area contributed by atoms with Crippen molar-refractivity contribution in [2.75, 3.05) is 17.2 Å². The van der Waals surface area contributed by atoms with Crippen LogP contribution in [0.1, 0.15) is 12.0 Å². The monoisotopic (exact) mass is 387 g/mol. The van der Waals surface area contributed by atoms with Crippen LogP contribution < -0.4 is 10.6 Å². The summed E-state index contributed by atoms with van der Waals surface area (Å²) in [4.78, 5) is 23.2.